The minimum Gasteiger partial charge on any atom is -0.325 e. The molecule has 2 aromatic carbocycles. The first kappa shape index (κ1) is 21.8. The van der Waals surface area contributed by atoms with Gasteiger partial charge in [-0.05, 0) is 47.8 Å². The summed E-state index contributed by atoms with van der Waals surface area (Å²) in [6, 6.07) is 11.5. The molecule has 158 valence electrons. The normalized spacial score (nSPS) is 11.9. The summed E-state index contributed by atoms with van der Waals surface area (Å²) in [6.45, 7) is -0.776. The van der Waals surface area contributed by atoms with Crippen LogP contribution in [0.25, 0.3) is 0 Å². The van der Waals surface area contributed by atoms with Crippen molar-refractivity contribution < 1.29 is 30.8 Å². The molecule has 1 N–H and O–H groups in total. The molecule has 0 spiro atoms. The first-order valence-electron chi connectivity index (χ1n) is 8.37. The van der Waals surface area contributed by atoms with Crippen LogP contribution < -0.4 is 9.62 Å². The fourth-order valence-corrected chi connectivity index (χ4v) is 5.08. The Morgan fingerprint density at radius 1 is 1.00 bits per heavy atom. The number of alkyl halides is 3. The van der Waals surface area contributed by atoms with Gasteiger partial charge in [-0.1, -0.05) is 18.2 Å². The van der Waals surface area contributed by atoms with Gasteiger partial charge in [0.2, 0.25) is 5.91 Å². The lowest BCUT2D eigenvalue weighted by Gasteiger charge is -2.23. The Kier molecular flexibility index (Phi) is 6.13. The Labute approximate surface area is 173 Å². The standard InChI is InChI=1S/C19H14F4N2O3S2/c20-15-4-1-2-5-16(15)25(30(27,28)18-6-3-11-29-18)12-17(26)24-14-9-7-13(8-10-14)19(21,22)23/h1-11H,12H2,(H,24,26). The molecule has 0 aliphatic carbocycles. The second-order valence-corrected chi connectivity index (χ2v) is 9.06. The number of nitrogens with zero attached hydrogens (tertiary/aromatic N) is 1. The van der Waals surface area contributed by atoms with Crippen LogP contribution in [0.3, 0.4) is 0 Å². The molecule has 0 aliphatic rings. The number of anilines is 2. The highest BCUT2D eigenvalue weighted by Crippen LogP contribution is 2.30. The van der Waals surface area contributed by atoms with Crippen molar-refractivity contribution in [2.24, 2.45) is 0 Å². The lowest BCUT2D eigenvalue weighted by molar-refractivity contribution is -0.137. The molecule has 3 aromatic rings. The van der Waals surface area contributed by atoms with Crippen LogP contribution in [0.4, 0.5) is 28.9 Å². The fourth-order valence-electron chi connectivity index (χ4n) is 2.55. The molecule has 11 heteroatoms. The molecule has 0 fully saturated rings. The number of halogens is 4. The summed E-state index contributed by atoms with van der Waals surface area (Å²) in [5.74, 6) is -1.70. The number of benzene rings is 2. The van der Waals surface area contributed by atoms with E-state index in [1.165, 1.54) is 35.7 Å². The number of carbonyl (C=O) groups excluding carboxylic acids is 1. The molecule has 1 aromatic heterocycles. The third-order valence-corrected chi connectivity index (χ3v) is 7.08. The van der Waals surface area contributed by atoms with Gasteiger partial charge in [-0.2, -0.15) is 13.2 Å². The Morgan fingerprint density at radius 2 is 1.67 bits per heavy atom. The van der Waals surface area contributed by atoms with Gasteiger partial charge < -0.3 is 5.32 Å². The van der Waals surface area contributed by atoms with Gasteiger partial charge in [-0.3, -0.25) is 9.10 Å². The zero-order chi connectivity index (χ0) is 21.9. The van der Waals surface area contributed by atoms with Crippen LogP contribution in [0.2, 0.25) is 0 Å². The molecule has 0 saturated carbocycles. The average Bonchev–Trinajstić information content (AvgIpc) is 3.22. The number of para-hydroxylation sites is 1. The van der Waals surface area contributed by atoms with E-state index in [0.29, 0.717) is 4.31 Å². The number of rotatable bonds is 6. The maximum absolute atomic E-state index is 14.3. The molecule has 5 nitrogen and oxygen atoms in total. The number of hydrogen-bond donors (Lipinski definition) is 1. The van der Waals surface area contributed by atoms with Crippen molar-refractivity contribution in [1.82, 2.24) is 0 Å². The molecule has 0 saturated heterocycles. The molecule has 0 aliphatic heterocycles. The van der Waals surface area contributed by atoms with E-state index in [4.69, 9.17) is 0 Å². The maximum Gasteiger partial charge on any atom is 0.416 e. The second-order valence-electron chi connectivity index (χ2n) is 6.02. The van der Waals surface area contributed by atoms with Crippen molar-refractivity contribution in [2.75, 3.05) is 16.2 Å². The van der Waals surface area contributed by atoms with Crippen LogP contribution in [0, 0.1) is 5.82 Å². The molecule has 30 heavy (non-hydrogen) atoms. The Hall–Kier alpha value is -2.92. The van der Waals surface area contributed by atoms with Crippen molar-refractivity contribution in [3.05, 3.63) is 77.4 Å². The van der Waals surface area contributed by atoms with Crippen LogP contribution in [0.5, 0.6) is 0 Å². The van der Waals surface area contributed by atoms with E-state index in [1.807, 2.05) is 0 Å². The zero-order valence-corrected chi connectivity index (χ0v) is 16.7. The smallest absolute Gasteiger partial charge is 0.325 e. The highest BCUT2D eigenvalue weighted by molar-refractivity contribution is 7.94. The van der Waals surface area contributed by atoms with E-state index in [1.54, 1.807) is 0 Å². The zero-order valence-electron chi connectivity index (χ0n) is 15.1. The van der Waals surface area contributed by atoms with Gasteiger partial charge in [0.05, 0.1) is 11.3 Å². The number of hydrogen-bond acceptors (Lipinski definition) is 4. The van der Waals surface area contributed by atoms with E-state index in [0.717, 1.165) is 41.7 Å². The van der Waals surface area contributed by atoms with Crippen molar-refractivity contribution in [1.29, 1.82) is 0 Å². The van der Waals surface area contributed by atoms with E-state index < -0.39 is 40.0 Å². The monoisotopic (exact) mass is 458 g/mol. The quantitative estimate of drug-likeness (QED) is 0.543. The summed E-state index contributed by atoms with van der Waals surface area (Å²) in [6.07, 6.45) is -4.53. The SMILES string of the molecule is O=C(CN(c1ccccc1F)S(=O)(=O)c1cccs1)Nc1ccc(C(F)(F)F)cc1. The molecule has 1 heterocycles. The Morgan fingerprint density at radius 3 is 2.23 bits per heavy atom. The second kappa shape index (κ2) is 8.44. The van der Waals surface area contributed by atoms with Crippen LogP contribution in [-0.2, 0) is 21.0 Å². The van der Waals surface area contributed by atoms with Gasteiger partial charge in [0.15, 0.2) is 0 Å². The minimum atomic E-state index is -4.53. The minimum absolute atomic E-state index is 0.0370. The Balaban J connectivity index is 1.87. The third kappa shape index (κ3) is 4.79. The van der Waals surface area contributed by atoms with Crippen LogP contribution in [0.1, 0.15) is 5.56 Å². The number of amides is 1. The van der Waals surface area contributed by atoms with Gasteiger partial charge >= 0.3 is 6.18 Å². The molecule has 0 atom stereocenters. The van der Waals surface area contributed by atoms with Crippen molar-refractivity contribution in [3.63, 3.8) is 0 Å². The van der Waals surface area contributed by atoms with Gasteiger partial charge in [0.1, 0.15) is 16.6 Å². The predicted molar refractivity (Wildman–Crippen MR) is 105 cm³/mol. The summed E-state index contributed by atoms with van der Waals surface area (Å²) in [4.78, 5) is 12.4. The largest absolute Gasteiger partial charge is 0.416 e. The topological polar surface area (TPSA) is 66.5 Å². The first-order chi connectivity index (χ1) is 14.1. The summed E-state index contributed by atoms with van der Waals surface area (Å²) in [5, 5.41) is 3.85. The van der Waals surface area contributed by atoms with Crippen LogP contribution >= 0.6 is 11.3 Å². The number of nitrogens with one attached hydrogen (secondary N) is 1. The number of sulfonamides is 1. The van der Waals surface area contributed by atoms with Gasteiger partial charge in [0, 0.05) is 5.69 Å². The van der Waals surface area contributed by atoms with Crippen LogP contribution in [-0.4, -0.2) is 20.9 Å². The van der Waals surface area contributed by atoms with Gasteiger partial charge in [0.25, 0.3) is 10.0 Å². The summed E-state index contributed by atoms with van der Waals surface area (Å²) in [7, 11) is -4.24. The van der Waals surface area contributed by atoms with E-state index >= 15 is 0 Å². The highest BCUT2D eigenvalue weighted by atomic mass is 32.2. The molecular formula is C19H14F4N2O3S2. The van der Waals surface area contributed by atoms with Gasteiger partial charge in [-0.25, -0.2) is 12.8 Å². The van der Waals surface area contributed by atoms with Crippen molar-refractivity contribution >= 4 is 38.6 Å². The molecular weight excluding hydrogens is 444 g/mol. The van der Waals surface area contributed by atoms with Crippen molar-refractivity contribution in [3.8, 4) is 0 Å². The molecule has 0 radical (unpaired) electrons. The first-order valence-corrected chi connectivity index (χ1v) is 10.7. The lowest BCUT2D eigenvalue weighted by Crippen LogP contribution is -2.38. The highest BCUT2D eigenvalue weighted by Gasteiger charge is 2.31. The van der Waals surface area contributed by atoms with E-state index in [2.05, 4.69) is 5.32 Å². The number of thiophene rings is 1. The summed E-state index contributed by atoms with van der Waals surface area (Å²) >= 11 is 0.903. The third-order valence-electron chi connectivity index (χ3n) is 3.94. The average molecular weight is 458 g/mol. The van der Waals surface area contributed by atoms with Crippen molar-refractivity contribution in [2.45, 2.75) is 10.4 Å². The lowest BCUT2D eigenvalue weighted by atomic mass is 10.2. The van der Waals surface area contributed by atoms with Gasteiger partial charge in [-0.15, -0.1) is 11.3 Å². The van der Waals surface area contributed by atoms with E-state index in [-0.39, 0.29) is 15.6 Å². The molecule has 3 rings (SSSR count). The summed E-state index contributed by atoms with van der Waals surface area (Å²) in [5.41, 5.74) is -1.18. The predicted octanol–water partition coefficient (Wildman–Crippen LogP) is 4.74. The molecule has 1 amide bonds. The fraction of sp³-hybridized carbons (Fsp3) is 0.105. The Bertz CT molecular complexity index is 1130. The van der Waals surface area contributed by atoms with Crippen LogP contribution in [0.15, 0.2) is 70.3 Å². The summed E-state index contributed by atoms with van der Waals surface area (Å²) < 4.78 is 78.7. The van der Waals surface area contributed by atoms with E-state index in [9.17, 15) is 30.8 Å². The maximum atomic E-state index is 14.3. The number of carbonyl (C=O) groups is 1. The molecule has 0 unspecified atom stereocenters. The molecule has 0 bridgehead atoms.